The van der Waals surface area contributed by atoms with E-state index in [1.54, 1.807) is 54.6 Å². The van der Waals surface area contributed by atoms with Gasteiger partial charge in [-0.1, -0.05) is 64.5 Å². The lowest BCUT2D eigenvalue weighted by atomic mass is 9.95. The topological polar surface area (TPSA) is 57.6 Å². The molecule has 1 fully saturated rings. The smallest absolute Gasteiger partial charge is 0.300 e. The molecule has 3 aromatic rings. The number of anilines is 1. The molecule has 1 heterocycles. The number of aliphatic hydroxyl groups is 1. The molecular weight excluding hydrogens is 437 g/mol. The van der Waals surface area contributed by atoms with Crippen molar-refractivity contribution in [1.29, 1.82) is 0 Å². The molecule has 144 valence electrons. The highest BCUT2D eigenvalue weighted by Crippen LogP contribution is 2.42. The Labute approximate surface area is 175 Å². The average Bonchev–Trinajstić information content (AvgIpc) is 2.99. The number of nitrogens with zero attached hydrogens (tertiary/aromatic N) is 1. The summed E-state index contributed by atoms with van der Waals surface area (Å²) in [5.74, 6) is -2.25. The van der Waals surface area contributed by atoms with Crippen LogP contribution in [-0.4, -0.2) is 16.8 Å². The number of aliphatic hydroxyl groups excluding tert-OH is 1. The molecule has 0 unspecified atom stereocenters. The Kier molecular flexibility index (Phi) is 5.03. The van der Waals surface area contributed by atoms with E-state index in [0.29, 0.717) is 16.8 Å². The van der Waals surface area contributed by atoms with Gasteiger partial charge in [0.25, 0.3) is 11.7 Å². The number of carbonyl (C=O) groups is 2. The number of hydrogen-bond donors (Lipinski definition) is 1. The summed E-state index contributed by atoms with van der Waals surface area (Å²) in [5.41, 5.74) is 1.39. The fraction of sp³-hybridized carbons (Fsp3) is 0.0435. The third kappa shape index (κ3) is 3.47. The normalized spacial score (nSPS) is 18.3. The molecule has 1 N–H and O–H groups in total. The van der Waals surface area contributed by atoms with Crippen LogP contribution in [0.15, 0.2) is 88.9 Å². The zero-order chi connectivity index (χ0) is 20.5. The molecule has 1 amide bonds. The zero-order valence-electron chi connectivity index (χ0n) is 15.0. The molecular formula is C23H15BrFNO3. The first-order chi connectivity index (χ1) is 14.0. The van der Waals surface area contributed by atoms with Gasteiger partial charge in [-0.05, 0) is 35.9 Å². The fourth-order valence-electron chi connectivity index (χ4n) is 3.44. The van der Waals surface area contributed by atoms with Crippen LogP contribution in [0, 0.1) is 5.82 Å². The minimum Gasteiger partial charge on any atom is -0.507 e. The van der Waals surface area contributed by atoms with Crippen molar-refractivity contribution in [3.8, 4) is 0 Å². The molecule has 4 rings (SSSR count). The van der Waals surface area contributed by atoms with Gasteiger partial charge in [0, 0.05) is 15.7 Å². The SMILES string of the molecule is O=C1C(=O)N(c2cccc(Br)c2)[C@@H](c2ccc(F)cc2)C1=C(O)c1ccccc1. The summed E-state index contributed by atoms with van der Waals surface area (Å²) in [6, 6.07) is 20.2. The molecule has 0 aromatic heterocycles. The third-order valence-electron chi connectivity index (χ3n) is 4.76. The lowest BCUT2D eigenvalue weighted by molar-refractivity contribution is -0.132. The monoisotopic (exact) mass is 451 g/mol. The van der Waals surface area contributed by atoms with E-state index in [1.165, 1.54) is 29.2 Å². The summed E-state index contributed by atoms with van der Waals surface area (Å²) >= 11 is 3.38. The van der Waals surface area contributed by atoms with Gasteiger partial charge in [0.1, 0.15) is 11.6 Å². The second-order valence-corrected chi connectivity index (χ2v) is 7.48. The number of rotatable bonds is 3. The molecule has 4 nitrogen and oxygen atoms in total. The largest absolute Gasteiger partial charge is 0.507 e. The summed E-state index contributed by atoms with van der Waals surface area (Å²) in [6.45, 7) is 0. The van der Waals surface area contributed by atoms with Crippen LogP contribution in [0.2, 0.25) is 0 Å². The van der Waals surface area contributed by atoms with E-state index in [1.807, 2.05) is 0 Å². The van der Waals surface area contributed by atoms with Crippen molar-refractivity contribution in [2.75, 3.05) is 4.90 Å². The number of benzene rings is 3. The van der Waals surface area contributed by atoms with Crippen LogP contribution in [0.5, 0.6) is 0 Å². The third-order valence-corrected chi connectivity index (χ3v) is 5.26. The molecule has 1 saturated heterocycles. The summed E-state index contributed by atoms with van der Waals surface area (Å²) in [4.78, 5) is 27.2. The van der Waals surface area contributed by atoms with E-state index in [4.69, 9.17) is 0 Å². The van der Waals surface area contributed by atoms with Crippen LogP contribution >= 0.6 is 15.9 Å². The van der Waals surface area contributed by atoms with Crippen LogP contribution < -0.4 is 4.90 Å². The van der Waals surface area contributed by atoms with E-state index in [9.17, 15) is 19.1 Å². The molecule has 6 heteroatoms. The predicted molar refractivity (Wildman–Crippen MR) is 112 cm³/mol. The molecule has 29 heavy (non-hydrogen) atoms. The molecule has 0 aliphatic carbocycles. The highest BCUT2D eigenvalue weighted by molar-refractivity contribution is 9.10. The minimum atomic E-state index is -0.884. The van der Waals surface area contributed by atoms with Gasteiger partial charge < -0.3 is 5.11 Å². The first-order valence-electron chi connectivity index (χ1n) is 8.85. The van der Waals surface area contributed by atoms with Gasteiger partial charge >= 0.3 is 0 Å². The van der Waals surface area contributed by atoms with E-state index in [2.05, 4.69) is 15.9 Å². The second kappa shape index (κ2) is 7.64. The number of Topliss-reactive ketones (excluding diaryl/α,β-unsaturated/α-hetero) is 1. The van der Waals surface area contributed by atoms with Crippen LogP contribution in [0.1, 0.15) is 17.2 Å². The molecule has 0 radical (unpaired) electrons. The fourth-order valence-corrected chi connectivity index (χ4v) is 3.82. The van der Waals surface area contributed by atoms with Gasteiger partial charge in [0.15, 0.2) is 0 Å². The van der Waals surface area contributed by atoms with E-state index < -0.39 is 23.5 Å². The van der Waals surface area contributed by atoms with Crippen molar-refractivity contribution in [3.05, 3.63) is 106 Å². The first-order valence-corrected chi connectivity index (χ1v) is 9.64. The maximum atomic E-state index is 13.5. The van der Waals surface area contributed by atoms with Crippen LogP contribution in [-0.2, 0) is 9.59 Å². The van der Waals surface area contributed by atoms with Gasteiger partial charge in [0.05, 0.1) is 11.6 Å². The molecule has 0 spiro atoms. The van der Waals surface area contributed by atoms with Crippen molar-refractivity contribution >= 4 is 39.1 Å². The predicted octanol–water partition coefficient (Wildman–Crippen LogP) is 5.21. The van der Waals surface area contributed by atoms with E-state index in [-0.39, 0.29) is 11.3 Å². The second-order valence-electron chi connectivity index (χ2n) is 6.57. The highest BCUT2D eigenvalue weighted by atomic mass is 79.9. The molecule has 0 saturated carbocycles. The van der Waals surface area contributed by atoms with E-state index in [0.717, 1.165) is 4.47 Å². The van der Waals surface area contributed by atoms with Gasteiger partial charge in [-0.25, -0.2) is 4.39 Å². The molecule has 3 aromatic carbocycles. The average molecular weight is 452 g/mol. The summed E-state index contributed by atoms with van der Waals surface area (Å²) in [7, 11) is 0. The number of hydrogen-bond acceptors (Lipinski definition) is 3. The van der Waals surface area contributed by atoms with Crippen LogP contribution in [0.25, 0.3) is 5.76 Å². The van der Waals surface area contributed by atoms with Gasteiger partial charge in [-0.2, -0.15) is 0 Å². The van der Waals surface area contributed by atoms with Gasteiger partial charge in [-0.3, -0.25) is 14.5 Å². The quantitative estimate of drug-likeness (QED) is 0.337. The number of ketones is 1. The maximum Gasteiger partial charge on any atom is 0.300 e. The Morgan fingerprint density at radius 2 is 1.62 bits per heavy atom. The van der Waals surface area contributed by atoms with Crippen molar-refractivity contribution in [2.45, 2.75) is 6.04 Å². The molecule has 1 atom stereocenters. The zero-order valence-corrected chi connectivity index (χ0v) is 16.6. The minimum absolute atomic E-state index is 0.0345. The Balaban J connectivity index is 1.96. The van der Waals surface area contributed by atoms with Gasteiger partial charge in [-0.15, -0.1) is 0 Å². The van der Waals surface area contributed by atoms with Gasteiger partial charge in [0.2, 0.25) is 0 Å². The Morgan fingerprint density at radius 1 is 0.931 bits per heavy atom. The lowest BCUT2D eigenvalue weighted by Gasteiger charge is -2.25. The van der Waals surface area contributed by atoms with Crippen molar-refractivity contribution < 1.29 is 19.1 Å². The molecule has 1 aliphatic rings. The lowest BCUT2D eigenvalue weighted by Crippen LogP contribution is -2.29. The summed E-state index contributed by atoms with van der Waals surface area (Å²) in [5, 5.41) is 10.9. The Bertz CT molecular complexity index is 1130. The standard InChI is InChI=1S/C23H15BrFNO3/c24-16-7-4-8-18(13-16)26-20(14-9-11-17(25)12-10-14)19(22(28)23(26)29)21(27)15-5-2-1-3-6-15/h1-13,20,27H/t20-/m0/s1. The number of amides is 1. The maximum absolute atomic E-state index is 13.5. The van der Waals surface area contributed by atoms with Crippen molar-refractivity contribution in [1.82, 2.24) is 0 Å². The number of halogens is 2. The highest BCUT2D eigenvalue weighted by Gasteiger charge is 2.46. The van der Waals surface area contributed by atoms with E-state index >= 15 is 0 Å². The Morgan fingerprint density at radius 3 is 2.28 bits per heavy atom. The number of carbonyl (C=O) groups excluding carboxylic acids is 2. The Hall–Kier alpha value is -3.25. The molecule has 1 aliphatic heterocycles. The van der Waals surface area contributed by atoms with Crippen molar-refractivity contribution in [3.63, 3.8) is 0 Å². The summed E-state index contributed by atoms with van der Waals surface area (Å²) < 4.78 is 14.2. The first kappa shape index (κ1) is 19.1. The van der Waals surface area contributed by atoms with Crippen molar-refractivity contribution in [2.24, 2.45) is 0 Å². The van der Waals surface area contributed by atoms with Crippen LogP contribution in [0.3, 0.4) is 0 Å². The van der Waals surface area contributed by atoms with Crippen LogP contribution in [0.4, 0.5) is 10.1 Å². The molecule has 0 bridgehead atoms. The summed E-state index contributed by atoms with van der Waals surface area (Å²) in [6.07, 6.45) is 0.